The Bertz CT molecular complexity index is 632. The lowest BCUT2D eigenvalue weighted by atomic mass is 10.3. The van der Waals surface area contributed by atoms with E-state index in [1.54, 1.807) is 6.07 Å². The number of hydrogen-bond acceptors (Lipinski definition) is 5. The second kappa shape index (κ2) is 7.60. The van der Waals surface area contributed by atoms with E-state index < -0.39 is 10.0 Å². The second-order valence-corrected chi connectivity index (χ2v) is 8.53. The van der Waals surface area contributed by atoms with Crippen LogP contribution in [0.1, 0.15) is 6.92 Å². The third-order valence-corrected chi connectivity index (χ3v) is 6.24. The molecule has 0 aromatic carbocycles. The number of morpholine rings is 1. The van der Waals surface area contributed by atoms with E-state index in [4.69, 9.17) is 22.1 Å². The van der Waals surface area contributed by atoms with Crippen LogP contribution in [-0.4, -0.2) is 58.2 Å². The fourth-order valence-electron chi connectivity index (χ4n) is 1.99. The average molecular weight is 367 g/mol. The molecule has 1 saturated heterocycles. The third-order valence-electron chi connectivity index (χ3n) is 3.06. The highest BCUT2D eigenvalue weighted by atomic mass is 35.5. The molecule has 7 nitrogen and oxygen atoms in total. The Balaban J connectivity index is 1.82. The lowest BCUT2D eigenvalue weighted by Crippen LogP contribution is -2.48. The van der Waals surface area contributed by atoms with Gasteiger partial charge in [0.2, 0.25) is 10.0 Å². The van der Waals surface area contributed by atoms with Crippen LogP contribution in [0, 0.1) is 0 Å². The maximum atomic E-state index is 12.0. The van der Waals surface area contributed by atoms with Gasteiger partial charge in [-0.1, -0.05) is 11.6 Å². The molecule has 0 bridgehead atoms. The number of ether oxygens (including phenoxy) is 1. The fraction of sp³-hybridized carbons (Fsp3) is 0.583. The summed E-state index contributed by atoms with van der Waals surface area (Å²) in [5, 5.41) is 0. The first-order valence-corrected chi connectivity index (χ1v) is 9.48. The van der Waals surface area contributed by atoms with Crippen LogP contribution in [0.25, 0.3) is 0 Å². The van der Waals surface area contributed by atoms with Gasteiger partial charge in [-0.3, -0.25) is 4.99 Å². The highest BCUT2D eigenvalue weighted by Crippen LogP contribution is 2.25. The van der Waals surface area contributed by atoms with Gasteiger partial charge in [-0.2, -0.15) is 0 Å². The summed E-state index contributed by atoms with van der Waals surface area (Å²) in [4.78, 5) is 6.13. The van der Waals surface area contributed by atoms with Gasteiger partial charge in [0, 0.05) is 19.6 Å². The molecule has 22 heavy (non-hydrogen) atoms. The molecule has 0 radical (unpaired) electrons. The molecule has 2 rings (SSSR count). The summed E-state index contributed by atoms with van der Waals surface area (Å²) in [6, 6.07) is 3.03. The Kier molecular flexibility index (Phi) is 6.04. The lowest BCUT2D eigenvalue weighted by Gasteiger charge is -2.31. The number of aliphatic imine (C=N–C) groups is 1. The maximum absolute atomic E-state index is 12.0. The zero-order valence-electron chi connectivity index (χ0n) is 12.2. The van der Waals surface area contributed by atoms with Gasteiger partial charge in [-0.05, 0) is 19.1 Å². The molecule has 1 aliphatic heterocycles. The van der Waals surface area contributed by atoms with Gasteiger partial charge >= 0.3 is 0 Å². The van der Waals surface area contributed by atoms with Gasteiger partial charge in [0.15, 0.2) is 5.96 Å². The van der Waals surface area contributed by atoms with E-state index in [-0.39, 0.29) is 23.4 Å². The summed E-state index contributed by atoms with van der Waals surface area (Å²) >= 11 is 6.75. The standard InChI is InChI=1S/C12H19ClN4O3S2/c1-9-8-17(6-7-20-9)12(14)15-4-5-16-22(18,19)11-3-2-10(13)21-11/h2-3,9,16H,4-8H2,1H3,(H2,14,15). The Morgan fingerprint density at radius 3 is 3.05 bits per heavy atom. The van der Waals surface area contributed by atoms with Crippen LogP contribution in [0.5, 0.6) is 0 Å². The first-order valence-electron chi connectivity index (χ1n) is 6.80. The van der Waals surface area contributed by atoms with Gasteiger partial charge in [-0.25, -0.2) is 13.1 Å². The maximum Gasteiger partial charge on any atom is 0.250 e. The zero-order chi connectivity index (χ0) is 16.2. The highest BCUT2D eigenvalue weighted by Gasteiger charge is 2.18. The Morgan fingerprint density at radius 2 is 2.41 bits per heavy atom. The topological polar surface area (TPSA) is 97.0 Å². The second-order valence-electron chi connectivity index (χ2n) is 4.82. The van der Waals surface area contributed by atoms with Crippen LogP contribution in [0.2, 0.25) is 4.34 Å². The van der Waals surface area contributed by atoms with Gasteiger partial charge in [0.05, 0.1) is 23.6 Å². The number of thiophene rings is 1. The van der Waals surface area contributed by atoms with E-state index in [0.717, 1.165) is 11.3 Å². The molecule has 1 fully saturated rings. The molecule has 0 spiro atoms. The van der Waals surface area contributed by atoms with Gasteiger partial charge < -0.3 is 15.4 Å². The van der Waals surface area contributed by atoms with Crippen molar-refractivity contribution in [2.24, 2.45) is 10.7 Å². The molecule has 10 heteroatoms. The van der Waals surface area contributed by atoms with Crippen LogP contribution >= 0.6 is 22.9 Å². The van der Waals surface area contributed by atoms with Crippen LogP contribution in [-0.2, 0) is 14.8 Å². The van der Waals surface area contributed by atoms with Crippen LogP contribution < -0.4 is 10.5 Å². The molecule has 1 aliphatic rings. The smallest absolute Gasteiger partial charge is 0.250 e. The lowest BCUT2D eigenvalue weighted by molar-refractivity contribution is 0.00530. The molecule has 3 N–H and O–H groups in total. The first-order chi connectivity index (χ1) is 10.4. The molecule has 1 atom stereocenters. The summed E-state index contributed by atoms with van der Waals surface area (Å²) in [5.74, 6) is 0.411. The van der Waals surface area contributed by atoms with Crippen LogP contribution in [0.4, 0.5) is 0 Å². The number of halogens is 1. The molecule has 0 aliphatic carbocycles. The van der Waals surface area contributed by atoms with E-state index in [1.807, 2.05) is 11.8 Å². The SMILES string of the molecule is CC1CN(C(N)=NCCNS(=O)(=O)c2ccc(Cl)s2)CCO1. The Labute approximate surface area is 139 Å². The van der Waals surface area contributed by atoms with E-state index in [1.165, 1.54) is 6.07 Å². The van der Waals surface area contributed by atoms with E-state index in [2.05, 4.69) is 9.71 Å². The first kappa shape index (κ1) is 17.5. The van der Waals surface area contributed by atoms with Gasteiger partial charge in [0.25, 0.3) is 0 Å². The van der Waals surface area contributed by atoms with Crippen molar-refractivity contribution in [1.29, 1.82) is 0 Å². The normalized spacial score (nSPS) is 20.4. The number of nitrogens with one attached hydrogen (secondary N) is 1. The predicted octanol–water partition coefficient (Wildman–Crippen LogP) is 0.715. The summed E-state index contributed by atoms with van der Waals surface area (Å²) in [6.07, 6.45) is 0.115. The van der Waals surface area contributed by atoms with Crippen molar-refractivity contribution in [1.82, 2.24) is 9.62 Å². The molecular formula is C12H19ClN4O3S2. The number of nitrogens with zero attached hydrogens (tertiary/aromatic N) is 2. The van der Waals surface area contributed by atoms with Crippen molar-refractivity contribution in [2.45, 2.75) is 17.2 Å². The monoisotopic (exact) mass is 366 g/mol. The van der Waals surface area contributed by atoms with Crippen molar-refractivity contribution in [3.8, 4) is 0 Å². The van der Waals surface area contributed by atoms with Crippen molar-refractivity contribution in [3.05, 3.63) is 16.5 Å². The minimum atomic E-state index is -3.53. The van der Waals surface area contributed by atoms with E-state index in [0.29, 0.717) is 30.0 Å². The van der Waals surface area contributed by atoms with Gasteiger partial charge in [-0.15, -0.1) is 11.3 Å². The summed E-state index contributed by atoms with van der Waals surface area (Å²) in [7, 11) is -3.53. The van der Waals surface area contributed by atoms with Gasteiger partial charge in [0.1, 0.15) is 4.21 Å². The summed E-state index contributed by atoms with van der Waals surface area (Å²) in [6.45, 7) is 4.42. The largest absolute Gasteiger partial charge is 0.375 e. The minimum absolute atomic E-state index is 0.115. The zero-order valence-corrected chi connectivity index (χ0v) is 14.5. The van der Waals surface area contributed by atoms with E-state index in [9.17, 15) is 8.42 Å². The molecule has 2 heterocycles. The third kappa shape index (κ3) is 4.82. The van der Waals surface area contributed by atoms with E-state index >= 15 is 0 Å². The van der Waals surface area contributed by atoms with Crippen molar-refractivity contribution in [3.63, 3.8) is 0 Å². The molecule has 1 unspecified atom stereocenters. The number of rotatable bonds is 5. The fourth-order valence-corrected chi connectivity index (χ4v) is 4.54. The van der Waals surface area contributed by atoms with Crippen LogP contribution in [0.3, 0.4) is 0 Å². The minimum Gasteiger partial charge on any atom is -0.375 e. The summed E-state index contributed by atoms with van der Waals surface area (Å²) < 4.78 is 32.5. The quantitative estimate of drug-likeness (QED) is 0.454. The number of guanidine groups is 1. The highest BCUT2D eigenvalue weighted by molar-refractivity contribution is 7.91. The van der Waals surface area contributed by atoms with Crippen molar-refractivity contribution < 1.29 is 13.2 Å². The molecule has 124 valence electrons. The summed E-state index contributed by atoms with van der Waals surface area (Å²) in [5.41, 5.74) is 5.90. The molecule has 1 aromatic heterocycles. The molecular weight excluding hydrogens is 348 g/mol. The molecule has 1 aromatic rings. The Morgan fingerprint density at radius 1 is 1.64 bits per heavy atom. The number of hydrogen-bond donors (Lipinski definition) is 2. The predicted molar refractivity (Wildman–Crippen MR) is 88.0 cm³/mol. The molecule has 0 saturated carbocycles. The average Bonchev–Trinajstić information content (AvgIpc) is 2.91. The number of nitrogens with two attached hydrogens (primary N) is 1. The number of sulfonamides is 1. The van der Waals surface area contributed by atoms with Crippen molar-refractivity contribution in [2.75, 3.05) is 32.8 Å². The van der Waals surface area contributed by atoms with Crippen molar-refractivity contribution >= 4 is 38.9 Å². The van der Waals surface area contributed by atoms with Crippen LogP contribution in [0.15, 0.2) is 21.3 Å². The molecule has 0 amide bonds. The Hall–Kier alpha value is -0.870.